The Hall–Kier alpha value is -4.78. The molecule has 1 aromatic carbocycles. The lowest BCUT2D eigenvalue weighted by atomic mass is 10.0. The number of benzene rings is 1. The minimum absolute atomic E-state index is 0.0588. The van der Waals surface area contributed by atoms with Crippen molar-refractivity contribution in [3.8, 4) is 5.88 Å². The van der Waals surface area contributed by atoms with Gasteiger partial charge >= 0.3 is 0 Å². The standard InChI is InChI=1S/C30H36N6O7/c1-3-42-29-20(12-9-15-32-29)25(38)33-21-13-7-8-14-31-28(41)24(18(2)37)36-27(40)23-17-43-30(35-23)22(34-26(21)39)16-19-10-5-4-6-11-19/h4-6,9-12,15,17-18,21-22,24,37H,3,7-8,13-14,16H2,1-2H3,(H,31,41)(H,33,38)(H,34,39)(H,36,40)/t18-,21+,22+,24+/m1/s1. The lowest BCUT2D eigenvalue weighted by Gasteiger charge is -2.23. The number of carbonyl (C=O) groups is 4. The van der Waals surface area contributed by atoms with Gasteiger partial charge in [0, 0.05) is 19.2 Å². The second-order valence-corrected chi connectivity index (χ2v) is 10.1. The molecule has 0 aliphatic carbocycles. The number of carbonyl (C=O) groups excluding carboxylic acids is 4. The maximum Gasteiger partial charge on any atom is 0.273 e. The third kappa shape index (κ3) is 8.38. The summed E-state index contributed by atoms with van der Waals surface area (Å²) in [5.41, 5.74) is 0.928. The number of aliphatic hydroxyl groups excluding tert-OH is 1. The molecule has 3 aromatic rings. The van der Waals surface area contributed by atoms with Gasteiger partial charge in [0.05, 0.1) is 12.7 Å². The quantitative estimate of drug-likeness (QED) is 0.271. The zero-order chi connectivity index (χ0) is 30.8. The maximum atomic E-state index is 13.7. The topological polar surface area (TPSA) is 185 Å². The molecule has 1 aliphatic heterocycles. The van der Waals surface area contributed by atoms with E-state index in [4.69, 9.17) is 9.15 Å². The maximum absolute atomic E-state index is 13.7. The Bertz CT molecular complexity index is 1410. The first-order chi connectivity index (χ1) is 20.8. The highest BCUT2D eigenvalue weighted by molar-refractivity contribution is 5.99. The molecule has 5 N–H and O–H groups in total. The fraction of sp³-hybridized carbons (Fsp3) is 0.400. The van der Waals surface area contributed by atoms with E-state index in [2.05, 4.69) is 31.2 Å². The van der Waals surface area contributed by atoms with Crippen molar-refractivity contribution in [3.05, 3.63) is 77.6 Å². The van der Waals surface area contributed by atoms with Crippen LogP contribution in [0.1, 0.15) is 71.5 Å². The Morgan fingerprint density at radius 1 is 1.12 bits per heavy atom. The molecule has 3 heterocycles. The lowest BCUT2D eigenvalue weighted by Crippen LogP contribution is -2.52. The van der Waals surface area contributed by atoms with Gasteiger partial charge in [-0.1, -0.05) is 30.3 Å². The monoisotopic (exact) mass is 592 g/mol. The molecule has 0 saturated carbocycles. The van der Waals surface area contributed by atoms with Crippen molar-refractivity contribution < 1.29 is 33.4 Å². The molecule has 0 radical (unpaired) electrons. The van der Waals surface area contributed by atoms with Crippen molar-refractivity contribution in [1.29, 1.82) is 0 Å². The van der Waals surface area contributed by atoms with Crippen molar-refractivity contribution >= 4 is 23.6 Å². The zero-order valence-corrected chi connectivity index (χ0v) is 24.0. The summed E-state index contributed by atoms with van der Waals surface area (Å²) in [4.78, 5) is 61.1. The largest absolute Gasteiger partial charge is 0.477 e. The van der Waals surface area contributed by atoms with Crippen molar-refractivity contribution in [2.75, 3.05) is 13.2 Å². The minimum Gasteiger partial charge on any atom is -0.477 e. The van der Waals surface area contributed by atoms with Gasteiger partial charge in [-0.2, -0.15) is 0 Å². The fourth-order valence-corrected chi connectivity index (χ4v) is 4.61. The lowest BCUT2D eigenvalue weighted by molar-refractivity contribution is -0.125. The van der Waals surface area contributed by atoms with Gasteiger partial charge in [0.1, 0.15) is 30.0 Å². The molecule has 1 aliphatic rings. The third-order valence-electron chi connectivity index (χ3n) is 6.84. The van der Waals surface area contributed by atoms with E-state index in [1.165, 1.54) is 13.1 Å². The smallest absolute Gasteiger partial charge is 0.273 e. The van der Waals surface area contributed by atoms with E-state index in [9.17, 15) is 24.3 Å². The number of nitrogens with zero attached hydrogens (tertiary/aromatic N) is 2. The van der Waals surface area contributed by atoms with Crippen molar-refractivity contribution in [1.82, 2.24) is 31.2 Å². The number of aliphatic hydroxyl groups is 1. The molecule has 4 rings (SSSR count). The number of fused-ring (bicyclic) bond motifs is 2. The van der Waals surface area contributed by atoms with E-state index in [0.717, 1.165) is 11.8 Å². The SMILES string of the molecule is CCOc1ncccc1C(=O)N[C@H]1CCCCNC(=O)[C@H]([C@@H](C)O)NC(=O)c2coc(n2)[C@H](Cc2ccccc2)NC1=O. The molecular weight excluding hydrogens is 556 g/mol. The van der Waals surface area contributed by atoms with Crippen LogP contribution >= 0.6 is 0 Å². The van der Waals surface area contributed by atoms with Crippen LogP contribution in [0.25, 0.3) is 0 Å². The zero-order valence-electron chi connectivity index (χ0n) is 24.0. The van der Waals surface area contributed by atoms with Gasteiger partial charge in [0.15, 0.2) is 5.69 Å². The molecule has 2 aromatic heterocycles. The summed E-state index contributed by atoms with van der Waals surface area (Å²) in [6, 6.07) is 9.53. The molecule has 13 heteroatoms. The highest BCUT2D eigenvalue weighted by Gasteiger charge is 2.31. The molecule has 0 unspecified atom stereocenters. The molecule has 2 bridgehead atoms. The molecule has 0 saturated heterocycles. The van der Waals surface area contributed by atoms with Crippen LogP contribution in [0.3, 0.4) is 0 Å². The predicted molar refractivity (Wildman–Crippen MR) is 154 cm³/mol. The highest BCUT2D eigenvalue weighted by atomic mass is 16.5. The molecule has 4 atom stereocenters. The number of aromatic nitrogens is 2. The summed E-state index contributed by atoms with van der Waals surface area (Å²) < 4.78 is 11.1. The van der Waals surface area contributed by atoms with E-state index in [1.807, 2.05) is 30.3 Å². The number of hydrogen-bond acceptors (Lipinski definition) is 9. The van der Waals surface area contributed by atoms with Crippen LogP contribution in [0.5, 0.6) is 5.88 Å². The average Bonchev–Trinajstić information content (AvgIpc) is 3.49. The molecule has 228 valence electrons. The fourth-order valence-electron chi connectivity index (χ4n) is 4.61. The Morgan fingerprint density at radius 3 is 2.65 bits per heavy atom. The van der Waals surface area contributed by atoms with Crippen LogP contribution in [-0.4, -0.2) is 70.0 Å². The van der Waals surface area contributed by atoms with Gasteiger partial charge in [-0.3, -0.25) is 19.2 Å². The number of oxazole rings is 1. The van der Waals surface area contributed by atoms with Gasteiger partial charge in [-0.25, -0.2) is 9.97 Å². The normalized spacial score (nSPS) is 20.7. The van der Waals surface area contributed by atoms with Crippen LogP contribution in [-0.2, 0) is 16.0 Å². The molecule has 43 heavy (non-hydrogen) atoms. The first-order valence-corrected chi connectivity index (χ1v) is 14.2. The first-order valence-electron chi connectivity index (χ1n) is 14.2. The van der Waals surface area contributed by atoms with E-state index >= 15 is 0 Å². The van der Waals surface area contributed by atoms with E-state index in [-0.39, 0.29) is 42.4 Å². The van der Waals surface area contributed by atoms with E-state index in [1.54, 1.807) is 19.1 Å². The number of nitrogens with one attached hydrogen (secondary N) is 4. The summed E-state index contributed by atoms with van der Waals surface area (Å²) in [7, 11) is 0. The number of hydrogen-bond donors (Lipinski definition) is 5. The van der Waals surface area contributed by atoms with Crippen LogP contribution in [0.2, 0.25) is 0 Å². The Balaban J connectivity index is 1.64. The van der Waals surface area contributed by atoms with Crippen molar-refractivity contribution in [2.24, 2.45) is 0 Å². The predicted octanol–water partition coefficient (Wildman–Crippen LogP) is 1.45. The van der Waals surface area contributed by atoms with Crippen LogP contribution < -0.4 is 26.0 Å². The van der Waals surface area contributed by atoms with E-state index in [0.29, 0.717) is 19.4 Å². The summed E-state index contributed by atoms with van der Waals surface area (Å²) >= 11 is 0. The second kappa shape index (κ2) is 14.9. The number of rotatable bonds is 7. The average molecular weight is 593 g/mol. The van der Waals surface area contributed by atoms with Gasteiger partial charge in [-0.15, -0.1) is 0 Å². The van der Waals surface area contributed by atoms with Crippen LogP contribution in [0.4, 0.5) is 0 Å². The van der Waals surface area contributed by atoms with Gasteiger partial charge in [0.2, 0.25) is 23.6 Å². The van der Waals surface area contributed by atoms with Crippen LogP contribution in [0, 0.1) is 0 Å². The summed E-state index contributed by atoms with van der Waals surface area (Å²) in [6.07, 6.45) is 2.93. The number of amides is 4. The number of ether oxygens (including phenoxy) is 1. The molecule has 0 spiro atoms. The van der Waals surface area contributed by atoms with Crippen molar-refractivity contribution in [3.63, 3.8) is 0 Å². The summed E-state index contributed by atoms with van der Waals surface area (Å²) in [5.74, 6) is -2.09. The van der Waals surface area contributed by atoms with Crippen LogP contribution in [0.15, 0.2) is 59.3 Å². The minimum atomic E-state index is -1.22. The first kappa shape index (κ1) is 31.2. The molecule has 0 fully saturated rings. The summed E-state index contributed by atoms with van der Waals surface area (Å²) in [6.45, 7) is 3.70. The second-order valence-electron chi connectivity index (χ2n) is 10.1. The summed E-state index contributed by atoms with van der Waals surface area (Å²) in [5, 5.41) is 21.1. The molecule has 13 nitrogen and oxygen atoms in total. The Kier molecular flexibility index (Phi) is 10.8. The Morgan fingerprint density at radius 2 is 1.91 bits per heavy atom. The highest BCUT2D eigenvalue weighted by Crippen LogP contribution is 2.20. The molecular formula is C30H36N6O7. The van der Waals surface area contributed by atoms with Gasteiger partial charge in [0.25, 0.3) is 11.8 Å². The Labute approximate surface area is 248 Å². The van der Waals surface area contributed by atoms with Gasteiger partial charge < -0.3 is 35.5 Å². The van der Waals surface area contributed by atoms with Crippen molar-refractivity contribution in [2.45, 2.75) is 63.8 Å². The number of pyridine rings is 1. The third-order valence-corrected chi connectivity index (χ3v) is 6.84. The van der Waals surface area contributed by atoms with Gasteiger partial charge in [-0.05, 0) is 50.8 Å². The van der Waals surface area contributed by atoms with E-state index < -0.39 is 47.9 Å². The molecule has 4 amide bonds.